The van der Waals surface area contributed by atoms with E-state index in [2.05, 4.69) is 15.6 Å². The minimum atomic E-state index is -0.411. The topological polar surface area (TPSA) is 74.2 Å². The van der Waals surface area contributed by atoms with E-state index in [0.717, 1.165) is 49.2 Å². The van der Waals surface area contributed by atoms with Crippen LogP contribution < -0.4 is 10.6 Å². The number of hydrogen-bond donors (Lipinski definition) is 3. The highest BCUT2D eigenvalue weighted by atomic mass is 32.1. The molecule has 2 aliphatic carbocycles. The summed E-state index contributed by atoms with van der Waals surface area (Å²) in [5.74, 6) is 0.512. The van der Waals surface area contributed by atoms with E-state index < -0.39 is 6.10 Å². The summed E-state index contributed by atoms with van der Waals surface area (Å²) in [5.41, 5.74) is 1.01. The third-order valence-corrected chi connectivity index (χ3v) is 5.37. The smallest absolute Gasteiger partial charge is 0.315 e. The maximum absolute atomic E-state index is 12.2. The number of aromatic nitrogens is 1. The number of amides is 2. The largest absolute Gasteiger partial charge is 0.391 e. The Morgan fingerprint density at radius 1 is 1.38 bits per heavy atom. The van der Waals surface area contributed by atoms with Crippen LogP contribution in [-0.4, -0.2) is 28.3 Å². The Hall–Kier alpha value is -1.14. The summed E-state index contributed by atoms with van der Waals surface area (Å²) < 4.78 is 0. The molecule has 0 bridgehead atoms. The van der Waals surface area contributed by atoms with E-state index in [1.54, 1.807) is 11.3 Å². The molecule has 0 saturated heterocycles. The van der Waals surface area contributed by atoms with Crippen LogP contribution in [-0.2, 0) is 0 Å². The molecule has 0 spiro atoms. The molecule has 0 unspecified atom stereocenters. The zero-order chi connectivity index (χ0) is 14.8. The van der Waals surface area contributed by atoms with Crippen LogP contribution >= 0.6 is 11.3 Å². The van der Waals surface area contributed by atoms with Crippen LogP contribution in [0.25, 0.3) is 0 Å². The van der Waals surface area contributed by atoms with Crippen LogP contribution in [0.1, 0.15) is 55.3 Å². The third kappa shape index (κ3) is 3.74. The lowest BCUT2D eigenvalue weighted by Crippen LogP contribution is -2.49. The van der Waals surface area contributed by atoms with E-state index >= 15 is 0 Å². The zero-order valence-corrected chi connectivity index (χ0v) is 13.2. The van der Waals surface area contributed by atoms with E-state index in [1.165, 1.54) is 0 Å². The summed E-state index contributed by atoms with van der Waals surface area (Å²) in [6.45, 7) is 1.97. The third-order valence-electron chi connectivity index (χ3n) is 4.33. The van der Waals surface area contributed by atoms with Gasteiger partial charge in [-0.05, 0) is 38.5 Å². The molecule has 0 radical (unpaired) electrons. The number of aryl methyl sites for hydroxylation is 1. The molecule has 2 aliphatic rings. The van der Waals surface area contributed by atoms with Crippen molar-refractivity contribution in [1.29, 1.82) is 0 Å². The quantitative estimate of drug-likeness (QED) is 0.800. The van der Waals surface area contributed by atoms with E-state index in [4.69, 9.17) is 0 Å². The average molecular weight is 309 g/mol. The van der Waals surface area contributed by atoms with Gasteiger partial charge in [0, 0.05) is 11.1 Å². The number of carbonyl (C=O) groups excluding carboxylic acids is 1. The van der Waals surface area contributed by atoms with Crippen molar-refractivity contribution >= 4 is 17.4 Å². The Kier molecular flexibility index (Phi) is 4.45. The number of carbonyl (C=O) groups is 1. The SMILES string of the molecule is Cc1csc([C@H](NC(=O)N[C@H]2CCCC[C@@H]2O)C2CC2)n1. The van der Waals surface area contributed by atoms with Gasteiger partial charge >= 0.3 is 6.03 Å². The molecule has 2 amide bonds. The number of nitrogens with zero attached hydrogens (tertiary/aromatic N) is 1. The summed E-state index contributed by atoms with van der Waals surface area (Å²) in [5, 5.41) is 19.0. The molecule has 3 N–H and O–H groups in total. The first kappa shape index (κ1) is 14.8. The van der Waals surface area contributed by atoms with Crippen molar-refractivity contribution in [3.05, 3.63) is 16.1 Å². The summed E-state index contributed by atoms with van der Waals surface area (Å²) in [7, 11) is 0. The first-order valence-corrected chi connectivity index (χ1v) is 8.68. The maximum Gasteiger partial charge on any atom is 0.315 e. The fraction of sp³-hybridized carbons (Fsp3) is 0.733. The molecular formula is C15H23N3O2S. The standard InChI is InChI=1S/C15H23N3O2S/c1-9-8-21-14(16-9)13(10-6-7-10)18-15(20)17-11-4-2-3-5-12(11)19/h8,10-13,19H,2-7H2,1H3,(H2,17,18,20)/t11-,12-,13+/m0/s1. The van der Waals surface area contributed by atoms with Crippen LogP contribution in [0, 0.1) is 12.8 Å². The molecule has 6 heteroatoms. The molecule has 1 heterocycles. The normalized spacial score (nSPS) is 27.1. The summed E-state index contributed by atoms with van der Waals surface area (Å²) in [6.07, 6.45) is 5.64. The molecule has 5 nitrogen and oxygen atoms in total. The summed E-state index contributed by atoms with van der Waals surface area (Å²) in [6, 6.07) is -0.272. The van der Waals surface area contributed by atoms with Crippen molar-refractivity contribution in [2.45, 2.75) is 63.6 Å². The predicted octanol–water partition coefficient (Wildman–Crippen LogP) is 2.51. The van der Waals surface area contributed by atoms with Crippen LogP contribution in [0.4, 0.5) is 4.79 Å². The fourth-order valence-corrected chi connectivity index (χ4v) is 3.90. The highest BCUT2D eigenvalue weighted by molar-refractivity contribution is 7.09. The van der Waals surface area contributed by atoms with Crippen molar-refractivity contribution in [1.82, 2.24) is 15.6 Å². The number of nitrogens with one attached hydrogen (secondary N) is 2. The first-order valence-electron chi connectivity index (χ1n) is 7.80. The van der Waals surface area contributed by atoms with Gasteiger partial charge in [0.05, 0.1) is 18.2 Å². The molecule has 0 aromatic carbocycles. The van der Waals surface area contributed by atoms with Crippen LogP contribution in [0.5, 0.6) is 0 Å². The monoisotopic (exact) mass is 309 g/mol. The summed E-state index contributed by atoms with van der Waals surface area (Å²) >= 11 is 1.61. The number of hydrogen-bond acceptors (Lipinski definition) is 4. The van der Waals surface area contributed by atoms with Crippen LogP contribution in [0.2, 0.25) is 0 Å². The van der Waals surface area contributed by atoms with Gasteiger partial charge in [0.2, 0.25) is 0 Å². The molecule has 2 fully saturated rings. The molecule has 116 valence electrons. The van der Waals surface area contributed by atoms with Gasteiger partial charge in [0.1, 0.15) is 5.01 Å². The van der Waals surface area contributed by atoms with Crippen molar-refractivity contribution in [3.63, 3.8) is 0 Å². The Labute approximate surface area is 129 Å². The lowest BCUT2D eigenvalue weighted by Gasteiger charge is -2.29. The van der Waals surface area contributed by atoms with Gasteiger partial charge in [-0.15, -0.1) is 11.3 Å². The Balaban J connectivity index is 1.59. The fourth-order valence-electron chi connectivity index (χ4n) is 2.96. The first-order chi connectivity index (χ1) is 10.1. The Bertz CT molecular complexity index is 501. The van der Waals surface area contributed by atoms with E-state index in [1.807, 2.05) is 12.3 Å². The van der Waals surface area contributed by atoms with Gasteiger partial charge in [-0.3, -0.25) is 0 Å². The number of aliphatic hydroxyl groups excluding tert-OH is 1. The molecule has 3 atom stereocenters. The van der Waals surface area contributed by atoms with Crippen LogP contribution in [0.15, 0.2) is 5.38 Å². The van der Waals surface area contributed by atoms with E-state index in [0.29, 0.717) is 5.92 Å². The van der Waals surface area contributed by atoms with E-state index in [-0.39, 0.29) is 18.1 Å². The molecule has 0 aliphatic heterocycles. The number of rotatable bonds is 4. The van der Waals surface area contributed by atoms with Crippen LogP contribution in [0.3, 0.4) is 0 Å². The van der Waals surface area contributed by atoms with Crippen molar-refractivity contribution < 1.29 is 9.90 Å². The molecule has 1 aromatic rings. The van der Waals surface area contributed by atoms with Crippen molar-refractivity contribution in [2.75, 3.05) is 0 Å². The second-order valence-electron chi connectivity index (χ2n) is 6.22. The van der Waals surface area contributed by atoms with Crippen molar-refractivity contribution in [3.8, 4) is 0 Å². The Morgan fingerprint density at radius 3 is 2.76 bits per heavy atom. The van der Waals surface area contributed by atoms with Gasteiger partial charge in [0.15, 0.2) is 0 Å². The van der Waals surface area contributed by atoms with Gasteiger partial charge < -0.3 is 15.7 Å². The van der Waals surface area contributed by atoms with Gasteiger partial charge in [-0.1, -0.05) is 12.8 Å². The minimum Gasteiger partial charge on any atom is -0.391 e. The predicted molar refractivity (Wildman–Crippen MR) is 82.2 cm³/mol. The molecule has 2 saturated carbocycles. The second kappa shape index (κ2) is 6.32. The summed E-state index contributed by atoms with van der Waals surface area (Å²) in [4.78, 5) is 16.7. The second-order valence-corrected chi connectivity index (χ2v) is 7.11. The number of thiazole rings is 1. The lowest BCUT2D eigenvalue weighted by atomic mass is 9.93. The Morgan fingerprint density at radius 2 is 2.14 bits per heavy atom. The lowest BCUT2D eigenvalue weighted by molar-refractivity contribution is 0.0939. The number of urea groups is 1. The maximum atomic E-state index is 12.2. The van der Waals surface area contributed by atoms with E-state index in [9.17, 15) is 9.90 Å². The molecule has 1 aromatic heterocycles. The van der Waals surface area contributed by atoms with Gasteiger partial charge in [-0.2, -0.15) is 0 Å². The molecular weight excluding hydrogens is 286 g/mol. The number of aliphatic hydroxyl groups is 1. The van der Waals surface area contributed by atoms with Gasteiger partial charge in [0.25, 0.3) is 0 Å². The molecule has 21 heavy (non-hydrogen) atoms. The minimum absolute atomic E-state index is 0.0180. The average Bonchev–Trinajstić information content (AvgIpc) is 3.21. The molecule has 3 rings (SSSR count). The van der Waals surface area contributed by atoms with Gasteiger partial charge in [-0.25, -0.2) is 9.78 Å². The zero-order valence-electron chi connectivity index (χ0n) is 12.3. The highest BCUT2D eigenvalue weighted by Gasteiger charge is 2.36. The van der Waals surface area contributed by atoms with Crippen molar-refractivity contribution in [2.24, 2.45) is 5.92 Å². The highest BCUT2D eigenvalue weighted by Crippen LogP contribution is 2.41.